The number of halogens is 1. The summed E-state index contributed by atoms with van der Waals surface area (Å²) in [5, 5.41) is 0. The highest BCUT2D eigenvalue weighted by atomic mass is 35.5. The molecule has 15 heavy (non-hydrogen) atoms. The second-order valence-corrected chi connectivity index (χ2v) is 4.40. The van der Waals surface area contributed by atoms with E-state index in [9.17, 15) is 4.79 Å². The van der Waals surface area contributed by atoms with Gasteiger partial charge in [0.15, 0.2) is 5.78 Å². The van der Waals surface area contributed by atoms with Crippen LogP contribution in [0.5, 0.6) is 0 Å². The van der Waals surface area contributed by atoms with E-state index in [1.165, 1.54) is 10.5 Å². The van der Waals surface area contributed by atoms with Crippen molar-refractivity contribution in [2.24, 2.45) is 0 Å². The molecule has 0 fully saturated rings. The van der Waals surface area contributed by atoms with Gasteiger partial charge in [0.25, 0.3) is 0 Å². The number of thioether (sulfide) groups is 1. The molecule has 0 aliphatic carbocycles. The number of hydrogen-bond donors (Lipinski definition) is 0. The van der Waals surface area contributed by atoms with Gasteiger partial charge in [-0.05, 0) is 23.8 Å². The van der Waals surface area contributed by atoms with Gasteiger partial charge in [-0.25, -0.2) is 0 Å². The number of hydrogen-bond acceptors (Lipinski definition) is 2. The zero-order valence-electron chi connectivity index (χ0n) is 9.05. The third-order valence-corrected chi connectivity index (χ3v) is 3.53. The maximum Gasteiger partial charge on any atom is 0.151 e. The van der Waals surface area contributed by atoms with Crippen LogP contribution in [0.25, 0.3) is 0 Å². The van der Waals surface area contributed by atoms with E-state index < -0.39 is 0 Å². The Kier molecular flexibility index (Phi) is 5.20. The first-order chi connectivity index (χ1) is 7.22. The third-order valence-electron chi connectivity index (χ3n) is 2.30. The van der Waals surface area contributed by atoms with Gasteiger partial charge in [-0.1, -0.05) is 25.1 Å². The molecule has 0 N–H and O–H groups in total. The predicted molar refractivity (Wildman–Crippen MR) is 67.0 cm³/mol. The van der Waals surface area contributed by atoms with E-state index in [1.54, 1.807) is 11.8 Å². The molecule has 0 aromatic heterocycles. The minimum atomic E-state index is 0.0835. The number of Topliss-reactive ketones (excluding diaryl/α,β-unsaturated/α-hetero) is 1. The molecule has 1 nitrogen and oxygen atoms in total. The Morgan fingerprint density at radius 1 is 1.40 bits per heavy atom. The van der Waals surface area contributed by atoms with E-state index in [4.69, 9.17) is 11.6 Å². The normalized spacial score (nSPS) is 10.3. The van der Waals surface area contributed by atoms with Crippen molar-refractivity contribution < 1.29 is 4.79 Å². The Morgan fingerprint density at radius 3 is 2.60 bits per heavy atom. The fourth-order valence-electron chi connectivity index (χ4n) is 1.58. The molecule has 0 aliphatic rings. The van der Waals surface area contributed by atoms with E-state index in [0.29, 0.717) is 6.42 Å². The lowest BCUT2D eigenvalue weighted by Gasteiger charge is -2.10. The zero-order valence-corrected chi connectivity index (χ0v) is 10.6. The van der Waals surface area contributed by atoms with Crippen molar-refractivity contribution >= 4 is 29.1 Å². The Morgan fingerprint density at radius 2 is 2.07 bits per heavy atom. The van der Waals surface area contributed by atoms with Gasteiger partial charge < -0.3 is 0 Å². The summed E-state index contributed by atoms with van der Waals surface area (Å²) in [4.78, 5) is 12.5. The first-order valence-corrected chi connectivity index (χ1v) is 6.71. The van der Waals surface area contributed by atoms with E-state index in [0.717, 1.165) is 12.0 Å². The first-order valence-electron chi connectivity index (χ1n) is 4.95. The highest BCUT2D eigenvalue weighted by Gasteiger charge is 2.09. The SMILES string of the molecule is CCc1cccc(CC(=O)CCl)c1SC. The molecular formula is C12H15ClOS. The van der Waals surface area contributed by atoms with Gasteiger partial charge in [0.1, 0.15) is 0 Å². The summed E-state index contributed by atoms with van der Waals surface area (Å²) in [5.41, 5.74) is 2.41. The molecule has 0 spiro atoms. The molecule has 0 saturated carbocycles. The zero-order chi connectivity index (χ0) is 11.3. The number of carbonyl (C=O) groups excluding carboxylic acids is 1. The van der Waals surface area contributed by atoms with Gasteiger partial charge in [-0.15, -0.1) is 23.4 Å². The van der Waals surface area contributed by atoms with Gasteiger partial charge >= 0.3 is 0 Å². The highest BCUT2D eigenvalue weighted by molar-refractivity contribution is 7.98. The molecule has 1 aromatic carbocycles. The van der Waals surface area contributed by atoms with Gasteiger partial charge in [-0.2, -0.15) is 0 Å². The number of carbonyl (C=O) groups is 1. The molecule has 0 heterocycles. The molecule has 0 bridgehead atoms. The topological polar surface area (TPSA) is 17.1 Å². The summed E-state index contributed by atoms with van der Waals surface area (Å²) < 4.78 is 0. The van der Waals surface area contributed by atoms with E-state index in [-0.39, 0.29) is 11.7 Å². The third kappa shape index (κ3) is 3.25. The largest absolute Gasteiger partial charge is 0.298 e. The van der Waals surface area contributed by atoms with Crippen LogP contribution in [0.1, 0.15) is 18.1 Å². The predicted octanol–water partition coefficient (Wildman–Crippen LogP) is 3.32. The van der Waals surface area contributed by atoms with Crippen molar-refractivity contribution in [3.05, 3.63) is 29.3 Å². The van der Waals surface area contributed by atoms with Crippen LogP contribution in [-0.4, -0.2) is 17.9 Å². The summed E-state index contributed by atoms with van der Waals surface area (Å²) >= 11 is 7.22. The molecule has 82 valence electrons. The summed E-state index contributed by atoms with van der Waals surface area (Å²) in [6.07, 6.45) is 3.50. The molecule has 1 rings (SSSR count). The lowest BCUT2D eigenvalue weighted by atomic mass is 10.0. The lowest BCUT2D eigenvalue weighted by molar-refractivity contribution is -0.116. The molecule has 0 aliphatic heterocycles. The molecule has 1 aromatic rings. The van der Waals surface area contributed by atoms with Crippen molar-refractivity contribution in [3.63, 3.8) is 0 Å². The number of rotatable bonds is 5. The van der Waals surface area contributed by atoms with Crippen molar-refractivity contribution in [1.29, 1.82) is 0 Å². The van der Waals surface area contributed by atoms with Crippen molar-refractivity contribution in [3.8, 4) is 0 Å². The van der Waals surface area contributed by atoms with E-state index in [2.05, 4.69) is 13.0 Å². The van der Waals surface area contributed by atoms with Crippen molar-refractivity contribution in [2.45, 2.75) is 24.7 Å². The molecule has 0 unspecified atom stereocenters. The van der Waals surface area contributed by atoms with Crippen LogP contribution in [0.15, 0.2) is 23.1 Å². The quantitative estimate of drug-likeness (QED) is 0.582. The average molecular weight is 243 g/mol. The summed E-state index contributed by atoms with van der Waals surface area (Å²) in [7, 11) is 0. The van der Waals surface area contributed by atoms with Crippen LogP contribution in [0, 0.1) is 0 Å². The van der Waals surface area contributed by atoms with E-state index in [1.807, 2.05) is 18.4 Å². The monoisotopic (exact) mass is 242 g/mol. The fourth-order valence-corrected chi connectivity index (χ4v) is 2.55. The van der Waals surface area contributed by atoms with Gasteiger partial charge in [-0.3, -0.25) is 4.79 Å². The fraction of sp³-hybridized carbons (Fsp3) is 0.417. The number of benzene rings is 1. The Labute approximate surface area is 100 Å². The summed E-state index contributed by atoms with van der Waals surface area (Å²) in [6.45, 7) is 2.13. The van der Waals surface area contributed by atoms with Crippen LogP contribution in [0.2, 0.25) is 0 Å². The second kappa shape index (κ2) is 6.19. The number of ketones is 1. The molecule has 0 radical (unpaired) electrons. The van der Waals surface area contributed by atoms with E-state index >= 15 is 0 Å². The maximum absolute atomic E-state index is 11.3. The van der Waals surface area contributed by atoms with Crippen LogP contribution in [0.3, 0.4) is 0 Å². The smallest absolute Gasteiger partial charge is 0.151 e. The Balaban J connectivity index is 3.00. The number of alkyl halides is 1. The van der Waals surface area contributed by atoms with Crippen LogP contribution < -0.4 is 0 Å². The molecule has 3 heteroatoms. The maximum atomic E-state index is 11.3. The summed E-state index contributed by atoms with van der Waals surface area (Å²) in [5.74, 6) is 0.185. The number of aryl methyl sites for hydroxylation is 1. The summed E-state index contributed by atoms with van der Waals surface area (Å²) in [6, 6.07) is 6.13. The Bertz CT molecular complexity index is 349. The van der Waals surface area contributed by atoms with Crippen molar-refractivity contribution in [2.75, 3.05) is 12.1 Å². The minimum absolute atomic E-state index is 0.0835. The molecular weight excluding hydrogens is 228 g/mol. The average Bonchev–Trinajstić information content (AvgIpc) is 2.28. The lowest BCUT2D eigenvalue weighted by Crippen LogP contribution is -2.05. The van der Waals surface area contributed by atoms with Crippen LogP contribution in [-0.2, 0) is 17.6 Å². The van der Waals surface area contributed by atoms with Gasteiger partial charge in [0.05, 0.1) is 5.88 Å². The second-order valence-electron chi connectivity index (χ2n) is 3.31. The van der Waals surface area contributed by atoms with Crippen LogP contribution >= 0.6 is 23.4 Å². The van der Waals surface area contributed by atoms with Crippen LogP contribution in [0.4, 0.5) is 0 Å². The molecule has 0 atom stereocenters. The van der Waals surface area contributed by atoms with Gasteiger partial charge in [0, 0.05) is 11.3 Å². The van der Waals surface area contributed by atoms with Crippen molar-refractivity contribution in [1.82, 2.24) is 0 Å². The highest BCUT2D eigenvalue weighted by Crippen LogP contribution is 2.26. The standard InChI is InChI=1S/C12H15ClOS/c1-3-9-5-4-6-10(12(9)15-2)7-11(14)8-13/h4-6H,3,7-8H2,1-2H3. The first kappa shape index (κ1) is 12.6. The molecule has 0 saturated heterocycles. The van der Waals surface area contributed by atoms with Gasteiger partial charge in [0.2, 0.25) is 0 Å². The Hall–Kier alpha value is -0.470. The minimum Gasteiger partial charge on any atom is -0.298 e. The molecule has 0 amide bonds.